The van der Waals surface area contributed by atoms with Crippen molar-refractivity contribution in [1.82, 2.24) is 5.32 Å². The lowest BCUT2D eigenvalue weighted by Crippen LogP contribution is -2.36. The van der Waals surface area contributed by atoms with Crippen LogP contribution in [-0.4, -0.2) is 26.2 Å². The second-order valence-electron chi connectivity index (χ2n) is 7.10. The maximum Gasteiger partial charge on any atom is 0.340 e. The van der Waals surface area contributed by atoms with Gasteiger partial charge in [0, 0.05) is 11.4 Å². The summed E-state index contributed by atoms with van der Waals surface area (Å²) in [6, 6.07) is 3.79. The fourth-order valence-electron chi connectivity index (χ4n) is 3.83. The van der Waals surface area contributed by atoms with Crippen molar-refractivity contribution in [3.8, 4) is 11.5 Å². The third-order valence-electron chi connectivity index (χ3n) is 5.36. The first-order valence-corrected chi connectivity index (χ1v) is 9.51. The zero-order valence-corrected chi connectivity index (χ0v) is 16.2. The summed E-state index contributed by atoms with van der Waals surface area (Å²) >= 11 is 0. The standard InChI is InChI=1S/C21H27NO5/c1-13-15-10-11-17(25-2)20(26-3)19(15)27-21(24)16(13)12-18(23)22-14-8-6-4-5-7-9-14/h10-11,14H,4-9,12H2,1-3H3,(H,22,23). The fraction of sp³-hybridized carbons (Fsp3) is 0.524. The van der Waals surface area contributed by atoms with Gasteiger partial charge < -0.3 is 19.2 Å². The molecule has 6 heteroatoms. The molecule has 0 atom stereocenters. The average molecular weight is 373 g/mol. The van der Waals surface area contributed by atoms with Crippen LogP contribution in [0.1, 0.15) is 49.7 Å². The van der Waals surface area contributed by atoms with Crippen LogP contribution in [-0.2, 0) is 11.2 Å². The van der Waals surface area contributed by atoms with Crippen molar-refractivity contribution in [1.29, 1.82) is 0 Å². The minimum Gasteiger partial charge on any atom is -0.493 e. The smallest absolute Gasteiger partial charge is 0.340 e. The number of hydrogen-bond acceptors (Lipinski definition) is 5. The van der Waals surface area contributed by atoms with Gasteiger partial charge in [0.1, 0.15) is 0 Å². The van der Waals surface area contributed by atoms with Crippen LogP contribution in [0.5, 0.6) is 11.5 Å². The molecule has 1 aromatic heterocycles. The molecule has 0 unspecified atom stereocenters. The highest BCUT2D eigenvalue weighted by Gasteiger charge is 2.21. The van der Waals surface area contributed by atoms with E-state index in [1.165, 1.54) is 27.1 Å². The summed E-state index contributed by atoms with van der Waals surface area (Å²) in [6.07, 6.45) is 6.78. The normalized spacial score (nSPS) is 15.4. The summed E-state index contributed by atoms with van der Waals surface area (Å²) in [5, 5.41) is 3.83. The predicted octanol–water partition coefficient (Wildman–Crippen LogP) is 3.50. The summed E-state index contributed by atoms with van der Waals surface area (Å²) in [6.45, 7) is 1.83. The molecule has 0 saturated heterocycles. The van der Waals surface area contributed by atoms with E-state index in [2.05, 4.69) is 5.32 Å². The van der Waals surface area contributed by atoms with Gasteiger partial charge in [0.05, 0.1) is 26.2 Å². The van der Waals surface area contributed by atoms with Crippen LogP contribution >= 0.6 is 0 Å². The third kappa shape index (κ3) is 4.10. The van der Waals surface area contributed by atoms with Crippen molar-refractivity contribution in [2.24, 2.45) is 0 Å². The summed E-state index contributed by atoms with van der Waals surface area (Å²) in [5.41, 5.74) is 0.953. The SMILES string of the molecule is COc1ccc2c(C)c(CC(=O)NC3CCCCCC3)c(=O)oc2c1OC. The minimum atomic E-state index is -0.512. The highest BCUT2D eigenvalue weighted by Crippen LogP contribution is 2.36. The quantitative estimate of drug-likeness (QED) is 0.641. The van der Waals surface area contributed by atoms with E-state index in [-0.39, 0.29) is 18.4 Å². The number of benzene rings is 1. The number of nitrogens with one attached hydrogen (secondary N) is 1. The lowest BCUT2D eigenvalue weighted by molar-refractivity contribution is -0.121. The highest BCUT2D eigenvalue weighted by molar-refractivity contribution is 5.89. The van der Waals surface area contributed by atoms with Crippen molar-refractivity contribution in [3.05, 3.63) is 33.7 Å². The number of amides is 1. The van der Waals surface area contributed by atoms with Gasteiger partial charge >= 0.3 is 5.63 Å². The van der Waals surface area contributed by atoms with Gasteiger partial charge in [-0.1, -0.05) is 25.7 Å². The Labute approximate surface area is 158 Å². The van der Waals surface area contributed by atoms with E-state index in [9.17, 15) is 9.59 Å². The molecule has 1 aliphatic carbocycles. The highest BCUT2D eigenvalue weighted by atomic mass is 16.5. The molecule has 1 fully saturated rings. The molecule has 0 radical (unpaired) electrons. The molecule has 1 heterocycles. The molecule has 1 amide bonds. The van der Waals surface area contributed by atoms with Crippen LogP contribution in [0.2, 0.25) is 0 Å². The summed E-state index contributed by atoms with van der Waals surface area (Å²) < 4.78 is 16.1. The molecule has 1 aliphatic rings. The van der Waals surface area contributed by atoms with E-state index in [0.29, 0.717) is 22.6 Å². The van der Waals surface area contributed by atoms with Crippen LogP contribution in [0.4, 0.5) is 0 Å². The largest absolute Gasteiger partial charge is 0.493 e. The van der Waals surface area contributed by atoms with E-state index in [4.69, 9.17) is 13.9 Å². The van der Waals surface area contributed by atoms with Crippen LogP contribution in [0.3, 0.4) is 0 Å². The number of fused-ring (bicyclic) bond motifs is 1. The first kappa shape index (κ1) is 19.3. The van der Waals surface area contributed by atoms with Gasteiger partial charge in [-0.3, -0.25) is 4.79 Å². The lowest BCUT2D eigenvalue weighted by atomic mass is 10.0. The molecule has 27 heavy (non-hydrogen) atoms. The maximum absolute atomic E-state index is 12.6. The summed E-state index contributed by atoms with van der Waals surface area (Å²) in [5.74, 6) is 0.744. The molecule has 146 valence electrons. The number of hydrogen-bond donors (Lipinski definition) is 1. The molecule has 0 bridgehead atoms. The Balaban J connectivity index is 1.88. The zero-order valence-electron chi connectivity index (χ0n) is 16.2. The Morgan fingerprint density at radius 2 is 1.85 bits per heavy atom. The zero-order chi connectivity index (χ0) is 19.4. The van der Waals surface area contributed by atoms with Gasteiger partial charge in [-0.25, -0.2) is 4.79 Å². The Kier molecular flexibility index (Phi) is 6.04. The second-order valence-corrected chi connectivity index (χ2v) is 7.10. The number of carbonyl (C=O) groups excluding carboxylic acids is 1. The van der Waals surface area contributed by atoms with Gasteiger partial charge in [0.15, 0.2) is 11.3 Å². The van der Waals surface area contributed by atoms with Crippen LogP contribution in [0.15, 0.2) is 21.3 Å². The first-order valence-electron chi connectivity index (χ1n) is 9.51. The Bertz CT molecular complexity index is 878. The molecule has 3 rings (SSSR count). The van der Waals surface area contributed by atoms with Crippen molar-refractivity contribution in [2.75, 3.05) is 14.2 Å². The number of aryl methyl sites for hydroxylation is 1. The third-order valence-corrected chi connectivity index (χ3v) is 5.36. The number of carbonyl (C=O) groups is 1. The van der Waals surface area contributed by atoms with E-state index in [1.54, 1.807) is 6.07 Å². The van der Waals surface area contributed by atoms with Crippen LogP contribution in [0.25, 0.3) is 11.0 Å². The molecular formula is C21H27NO5. The topological polar surface area (TPSA) is 77.8 Å². The van der Waals surface area contributed by atoms with E-state index in [1.807, 2.05) is 13.0 Å². The summed E-state index contributed by atoms with van der Waals surface area (Å²) in [4.78, 5) is 25.1. The second kappa shape index (κ2) is 8.46. The van der Waals surface area contributed by atoms with Crippen molar-refractivity contribution < 1.29 is 18.7 Å². The van der Waals surface area contributed by atoms with Crippen LogP contribution < -0.4 is 20.4 Å². The molecule has 1 saturated carbocycles. The number of methoxy groups -OCH3 is 2. The van der Waals surface area contributed by atoms with Gasteiger partial charge in [-0.05, 0) is 37.5 Å². The summed E-state index contributed by atoms with van der Waals surface area (Å²) in [7, 11) is 3.03. The fourth-order valence-corrected chi connectivity index (χ4v) is 3.83. The van der Waals surface area contributed by atoms with Gasteiger partial charge in [0.25, 0.3) is 0 Å². The van der Waals surface area contributed by atoms with E-state index in [0.717, 1.165) is 36.6 Å². The minimum absolute atomic E-state index is 0.0228. The van der Waals surface area contributed by atoms with Gasteiger partial charge in [-0.15, -0.1) is 0 Å². The Hall–Kier alpha value is -2.50. The van der Waals surface area contributed by atoms with Crippen LogP contribution in [0, 0.1) is 6.92 Å². The predicted molar refractivity (Wildman–Crippen MR) is 104 cm³/mol. The first-order chi connectivity index (χ1) is 13.0. The molecular weight excluding hydrogens is 346 g/mol. The van der Waals surface area contributed by atoms with Crippen molar-refractivity contribution in [3.63, 3.8) is 0 Å². The van der Waals surface area contributed by atoms with Crippen molar-refractivity contribution >= 4 is 16.9 Å². The maximum atomic E-state index is 12.6. The van der Waals surface area contributed by atoms with Gasteiger partial charge in [-0.2, -0.15) is 0 Å². The van der Waals surface area contributed by atoms with E-state index < -0.39 is 5.63 Å². The monoisotopic (exact) mass is 373 g/mol. The van der Waals surface area contributed by atoms with E-state index >= 15 is 0 Å². The lowest BCUT2D eigenvalue weighted by Gasteiger charge is -2.17. The molecule has 1 N–H and O–H groups in total. The van der Waals surface area contributed by atoms with Gasteiger partial charge in [0.2, 0.25) is 11.7 Å². The number of ether oxygens (including phenoxy) is 2. The average Bonchev–Trinajstić information content (AvgIpc) is 2.92. The van der Waals surface area contributed by atoms with Crippen molar-refractivity contribution in [2.45, 2.75) is 57.9 Å². The molecule has 1 aromatic carbocycles. The molecule has 0 aliphatic heterocycles. The Morgan fingerprint density at radius 1 is 1.15 bits per heavy atom. The number of rotatable bonds is 5. The molecule has 2 aromatic rings. The Morgan fingerprint density at radius 3 is 2.48 bits per heavy atom. The molecule has 0 spiro atoms. The molecule has 6 nitrogen and oxygen atoms in total.